The molecule has 3 N–H and O–H groups in total. The zero-order valence-electron chi connectivity index (χ0n) is 16.7. The van der Waals surface area contributed by atoms with Crippen molar-refractivity contribution in [2.45, 2.75) is 25.7 Å². The predicted molar refractivity (Wildman–Crippen MR) is 116 cm³/mol. The number of likely N-dealkylation sites (tertiary alicyclic amines) is 1. The summed E-state index contributed by atoms with van der Waals surface area (Å²) in [6, 6.07) is 5.26. The number of fused-ring (bicyclic) bond motifs is 1. The van der Waals surface area contributed by atoms with Gasteiger partial charge < -0.3 is 20.7 Å². The fourth-order valence-electron chi connectivity index (χ4n) is 4.41. The Hall–Kier alpha value is -1.89. The second-order valence-corrected chi connectivity index (χ2v) is 8.64. The normalized spacial score (nSPS) is 19.5. The van der Waals surface area contributed by atoms with Gasteiger partial charge in [0.25, 0.3) is 5.91 Å². The van der Waals surface area contributed by atoms with Crippen LogP contribution in [-0.2, 0) is 4.74 Å². The molecule has 6 nitrogen and oxygen atoms in total. The van der Waals surface area contributed by atoms with Crippen LogP contribution in [0.25, 0.3) is 10.9 Å². The molecule has 0 saturated carbocycles. The van der Waals surface area contributed by atoms with Crippen molar-refractivity contribution in [2.75, 3.05) is 45.1 Å². The molecule has 0 spiro atoms. The molecular formula is C22H29ClN4O2. The van der Waals surface area contributed by atoms with Crippen molar-refractivity contribution in [3.63, 3.8) is 0 Å². The van der Waals surface area contributed by atoms with Crippen molar-refractivity contribution in [1.29, 1.82) is 0 Å². The number of pyridine rings is 1. The molecule has 1 aromatic carbocycles. The molecule has 2 aromatic rings. The number of nitrogens with zero attached hydrogens (tertiary/aromatic N) is 2. The van der Waals surface area contributed by atoms with Crippen LogP contribution in [0.3, 0.4) is 0 Å². The van der Waals surface area contributed by atoms with Crippen LogP contribution in [0, 0.1) is 11.8 Å². The van der Waals surface area contributed by atoms with E-state index in [2.05, 4.69) is 15.2 Å². The molecule has 29 heavy (non-hydrogen) atoms. The molecule has 0 aliphatic carbocycles. The fraction of sp³-hybridized carbons (Fsp3) is 0.545. The van der Waals surface area contributed by atoms with E-state index in [0.717, 1.165) is 45.1 Å². The van der Waals surface area contributed by atoms with E-state index < -0.39 is 0 Å². The van der Waals surface area contributed by atoms with Gasteiger partial charge in [0.15, 0.2) is 0 Å². The summed E-state index contributed by atoms with van der Waals surface area (Å²) < 4.78 is 5.46. The van der Waals surface area contributed by atoms with Gasteiger partial charge in [-0.1, -0.05) is 11.6 Å². The van der Waals surface area contributed by atoms with Gasteiger partial charge in [0.1, 0.15) is 0 Å². The number of ether oxygens (including phenoxy) is 1. The van der Waals surface area contributed by atoms with E-state index in [0.29, 0.717) is 39.6 Å². The Kier molecular flexibility index (Phi) is 6.53. The van der Waals surface area contributed by atoms with Crippen LogP contribution in [0.4, 0.5) is 5.69 Å². The van der Waals surface area contributed by atoms with Crippen molar-refractivity contribution in [3.05, 3.63) is 35.0 Å². The van der Waals surface area contributed by atoms with Gasteiger partial charge in [-0.3, -0.25) is 9.78 Å². The summed E-state index contributed by atoms with van der Waals surface area (Å²) in [6.07, 6.45) is 6.26. The molecular weight excluding hydrogens is 388 g/mol. The van der Waals surface area contributed by atoms with E-state index in [1.54, 1.807) is 18.3 Å². The summed E-state index contributed by atoms with van der Waals surface area (Å²) in [4.78, 5) is 19.7. The summed E-state index contributed by atoms with van der Waals surface area (Å²) in [5.74, 6) is 1.14. The quantitative estimate of drug-likeness (QED) is 0.730. The van der Waals surface area contributed by atoms with Gasteiger partial charge in [-0.25, -0.2) is 0 Å². The van der Waals surface area contributed by atoms with Crippen molar-refractivity contribution in [2.24, 2.45) is 11.8 Å². The molecule has 1 aromatic heterocycles. The molecule has 2 saturated heterocycles. The first-order valence-corrected chi connectivity index (χ1v) is 10.9. The van der Waals surface area contributed by atoms with E-state index in [1.807, 2.05) is 6.07 Å². The number of carbonyl (C=O) groups is 1. The lowest BCUT2D eigenvalue weighted by Gasteiger charge is -2.35. The molecule has 0 atom stereocenters. The number of amides is 1. The number of nitrogens with two attached hydrogens (primary N) is 1. The highest BCUT2D eigenvalue weighted by Gasteiger charge is 2.24. The maximum atomic E-state index is 12.8. The third-order valence-electron chi connectivity index (χ3n) is 6.24. The Morgan fingerprint density at radius 3 is 2.76 bits per heavy atom. The first-order valence-electron chi connectivity index (χ1n) is 10.5. The zero-order valence-corrected chi connectivity index (χ0v) is 17.5. The number of carbonyl (C=O) groups excluding carboxylic acids is 1. The van der Waals surface area contributed by atoms with E-state index >= 15 is 0 Å². The van der Waals surface area contributed by atoms with Crippen LogP contribution in [-0.4, -0.2) is 55.2 Å². The monoisotopic (exact) mass is 416 g/mol. The molecule has 4 rings (SSSR count). The molecule has 3 heterocycles. The highest BCUT2D eigenvalue weighted by molar-refractivity contribution is 6.35. The number of benzene rings is 1. The number of nitrogen functional groups attached to an aromatic ring is 1. The van der Waals surface area contributed by atoms with Crippen molar-refractivity contribution >= 4 is 34.1 Å². The average molecular weight is 417 g/mol. The van der Waals surface area contributed by atoms with Gasteiger partial charge >= 0.3 is 0 Å². The zero-order chi connectivity index (χ0) is 20.2. The lowest BCUT2D eigenvalue weighted by Crippen LogP contribution is -2.41. The van der Waals surface area contributed by atoms with Crippen molar-refractivity contribution < 1.29 is 9.53 Å². The van der Waals surface area contributed by atoms with Crippen LogP contribution in [0.5, 0.6) is 0 Å². The summed E-state index contributed by atoms with van der Waals surface area (Å²) >= 11 is 6.24. The van der Waals surface area contributed by atoms with Gasteiger partial charge in [-0.05, 0) is 68.8 Å². The Morgan fingerprint density at radius 2 is 2.00 bits per heavy atom. The molecule has 0 radical (unpaired) electrons. The van der Waals surface area contributed by atoms with Crippen LogP contribution in [0.1, 0.15) is 36.0 Å². The van der Waals surface area contributed by atoms with Gasteiger partial charge in [0.2, 0.25) is 0 Å². The van der Waals surface area contributed by atoms with Gasteiger partial charge in [0.05, 0.1) is 21.8 Å². The fourth-order valence-corrected chi connectivity index (χ4v) is 4.62. The van der Waals surface area contributed by atoms with Gasteiger partial charge in [-0.2, -0.15) is 0 Å². The van der Waals surface area contributed by atoms with Gasteiger partial charge in [-0.15, -0.1) is 0 Å². The lowest BCUT2D eigenvalue weighted by molar-refractivity contribution is 0.0467. The Morgan fingerprint density at radius 1 is 1.24 bits per heavy atom. The standard InChI is InChI=1S/C22H29ClN4O2/c23-19-12-18(21-17(20(19)24)2-1-7-25-21)22(28)26-13-15-3-8-27(9-4-15)14-16-5-10-29-11-6-16/h1-2,7,12,15-16H,3-6,8-11,13-14,24H2,(H,26,28). The Bertz CT molecular complexity index is 861. The Balaban J connectivity index is 1.31. The molecule has 156 valence electrons. The molecule has 0 bridgehead atoms. The maximum Gasteiger partial charge on any atom is 0.253 e. The van der Waals surface area contributed by atoms with Crippen LogP contribution in [0.15, 0.2) is 24.4 Å². The average Bonchev–Trinajstić information content (AvgIpc) is 2.76. The maximum absolute atomic E-state index is 12.8. The molecule has 2 fully saturated rings. The van der Waals surface area contributed by atoms with Crippen molar-refractivity contribution in [3.8, 4) is 0 Å². The van der Waals surface area contributed by atoms with Crippen LogP contribution >= 0.6 is 11.6 Å². The second kappa shape index (κ2) is 9.28. The number of piperidine rings is 1. The van der Waals surface area contributed by atoms with Crippen molar-refractivity contribution in [1.82, 2.24) is 15.2 Å². The largest absolute Gasteiger partial charge is 0.397 e. The molecule has 0 unspecified atom stereocenters. The molecule has 7 heteroatoms. The SMILES string of the molecule is Nc1c(Cl)cc(C(=O)NCC2CCN(CC3CCOCC3)CC2)c2ncccc12. The minimum absolute atomic E-state index is 0.139. The second-order valence-electron chi connectivity index (χ2n) is 8.23. The summed E-state index contributed by atoms with van der Waals surface area (Å²) in [5, 5.41) is 4.19. The van der Waals surface area contributed by atoms with Gasteiger partial charge in [0, 0.05) is 37.9 Å². The molecule has 1 amide bonds. The minimum Gasteiger partial charge on any atom is -0.397 e. The minimum atomic E-state index is -0.139. The third kappa shape index (κ3) is 4.82. The predicted octanol–water partition coefficient (Wildman–Crippen LogP) is 3.34. The topological polar surface area (TPSA) is 80.5 Å². The summed E-state index contributed by atoms with van der Waals surface area (Å²) in [7, 11) is 0. The highest BCUT2D eigenvalue weighted by atomic mass is 35.5. The van der Waals surface area contributed by atoms with E-state index in [9.17, 15) is 4.79 Å². The number of nitrogens with one attached hydrogen (secondary N) is 1. The Labute approximate surface area is 176 Å². The number of rotatable bonds is 5. The van der Waals surface area contributed by atoms with E-state index in [4.69, 9.17) is 22.1 Å². The summed E-state index contributed by atoms with van der Waals surface area (Å²) in [6.45, 7) is 5.90. The highest BCUT2D eigenvalue weighted by Crippen LogP contribution is 2.30. The van der Waals surface area contributed by atoms with E-state index in [1.165, 1.54) is 19.4 Å². The number of anilines is 1. The first-order chi connectivity index (χ1) is 14.1. The first kappa shape index (κ1) is 20.4. The number of hydrogen-bond donors (Lipinski definition) is 2. The van der Waals surface area contributed by atoms with Crippen LogP contribution in [0.2, 0.25) is 5.02 Å². The number of hydrogen-bond acceptors (Lipinski definition) is 5. The molecule has 2 aliphatic rings. The smallest absolute Gasteiger partial charge is 0.253 e. The van der Waals surface area contributed by atoms with Crippen LogP contribution < -0.4 is 11.1 Å². The third-order valence-corrected chi connectivity index (χ3v) is 6.55. The number of halogens is 1. The number of aromatic nitrogens is 1. The van der Waals surface area contributed by atoms with E-state index in [-0.39, 0.29) is 5.91 Å². The molecule has 2 aliphatic heterocycles. The summed E-state index contributed by atoms with van der Waals surface area (Å²) in [5.41, 5.74) is 7.58. The lowest BCUT2D eigenvalue weighted by atomic mass is 9.94.